The number of benzene rings is 1. The highest BCUT2D eigenvalue weighted by Crippen LogP contribution is 2.22. The Kier molecular flexibility index (Phi) is 6.48. The van der Waals surface area contributed by atoms with Crippen molar-refractivity contribution in [3.63, 3.8) is 0 Å². The summed E-state index contributed by atoms with van der Waals surface area (Å²) in [7, 11) is 0. The van der Waals surface area contributed by atoms with Crippen molar-refractivity contribution in [1.82, 2.24) is 4.90 Å². The van der Waals surface area contributed by atoms with E-state index in [1.54, 1.807) is 0 Å². The summed E-state index contributed by atoms with van der Waals surface area (Å²) in [6.07, 6.45) is 2.92. The van der Waals surface area contributed by atoms with Crippen molar-refractivity contribution in [2.24, 2.45) is 0 Å². The maximum absolute atomic E-state index is 12.6. The quantitative estimate of drug-likeness (QED) is 0.717. The van der Waals surface area contributed by atoms with Crippen molar-refractivity contribution >= 4 is 5.91 Å². The van der Waals surface area contributed by atoms with E-state index in [-0.39, 0.29) is 11.8 Å². The number of carbonyl (C=O) groups excluding carboxylic acids is 1. The van der Waals surface area contributed by atoms with Crippen LogP contribution in [-0.2, 0) is 4.79 Å². The van der Waals surface area contributed by atoms with Gasteiger partial charge >= 0.3 is 0 Å². The Balaban J connectivity index is 2.83. The van der Waals surface area contributed by atoms with Gasteiger partial charge in [-0.05, 0) is 24.8 Å². The van der Waals surface area contributed by atoms with Crippen molar-refractivity contribution in [2.45, 2.75) is 46.0 Å². The molecule has 0 fully saturated rings. The lowest BCUT2D eigenvalue weighted by Gasteiger charge is -2.26. The molecule has 0 N–H and O–H groups in total. The highest BCUT2D eigenvalue weighted by Gasteiger charge is 2.23. The first kappa shape index (κ1) is 14.7. The van der Waals surface area contributed by atoms with Gasteiger partial charge in [0.15, 0.2) is 0 Å². The van der Waals surface area contributed by atoms with Gasteiger partial charge in [-0.25, -0.2) is 0 Å². The molecular formula is C16H25NO. The summed E-state index contributed by atoms with van der Waals surface area (Å²) in [5.41, 5.74) is 1.14. The number of carbonyl (C=O) groups is 1. The van der Waals surface area contributed by atoms with E-state index in [0.29, 0.717) is 0 Å². The number of rotatable bonds is 7. The van der Waals surface area contributed by atoms with E-state index in [1.165, 1.54) is 0 Å². The van der Waals surface area contributed by atoms with E-state index in [1.807, 2.05) is 23.1 Å². The summed E-state index contributed by atoms with van der Waals surface area (Å²) in [4.78, 5) is 14.6. The molecule has 1 rings (SSSR count). The van der Waals surface area contributed by atoms with Gasteiger partial charge in [-0.1, -0.05) is 51.1 Å². The van der Waals surface area contributed by atoms with Gasteiger partial charge in [0.1, 0.15) is 0 Å². The van der Waals surface area contributed by atoms with Crippen LogP contribution in [0.25, 0.3) is 0 Å². The summed E-state index contributed by atoms with van der Waals surface area (Å²) < 4.78 is 0. The third-order valence-electron chi connectivity index (χ3n) is 3.21. The average Bonchev–Trinajstić information content (AvgIpc) is 2.40. The van der Waals surface area contributed by atoms with Gasteiger partial charge in [0, 0.05) is 13.1 Å². The van der Waals surface area contributed by atoms with Gasteiger partial charge in [0.2, 0.25) is 5.91 Å². The van der Waals surface area contributed by atoms with Crippen LogP contribution in [0.3, 0.4) is 0 Å². The van der Waals surface area contributed by atoms with Crippen molar-refractivity contribution in [2.75, 3.05) is 13.1 Å². The third kappa shape index (κ3) is 3.86. The van der Waals surface area contributed by atoms with Gasteiger partial charge in [0.05, 0.1) is 5.92 Å². The fourth-order valence-corrected chi connectivity index (χ4v) is 2.33. The standard InChI is InChI=1S/C16H25NO/c1-4-12-17(13-5-2)16(18)15(6-3)14-10-8-7-9-11-14/h7-11,15H,4-6,12-13H2,1-3H3/t15-/m0/s1. The summed E-state index contributed by atoms with van der Waals surface area (Å²) in [6.45, 7) is 8.08. The maximum atomic E-state index is 12.6. The molecule has 0 unspecified atom stereocenters. The monoisotopic (exact) mass is 247 g/mol. The Hall–Kier alpha value is -1.31. The molecule has 0 bridgehead atoms. The number of amides is 1. The molecule has 0 aromatic heterocycles. The summed E-state index contributed by atoms with van der Waals surface area (Å²) >= 11 is 0. The molecule has 100 valence electrons. The minimum atomic E-state index is 0.0179. The summed E-state index contributed by atoms with van der Waals surface area (Å²) in [5, 5.41) is 0. The topological polar surface area (TPSA) is 20.3 Å². The van der Waals surface area contributed by atoms with Crippen LogP contribution in [0.15, 0.2) is 30.3 Å². The van der Waals surface area contributed by atoms with Gasteiger partial charge in [-0.3, -0.25) is 4.79 Å². The van der Waals surface area contributed by atoms with Crippen LogP contribution >= 0.6 is 0 Å². The van der Waals surface area contributed by atoms with E-state index < -0.39 is 0 Å². The highest BCUT2D eigenvalue weighted by molar-refractivity contribution is 5.83. The van der Waals surface area contributed by atoms with Crippen molar-refractivity contribution in [3.8, 4) is 0 Å². The SMILES string of the molecule is CCCN(CCC)C(=O)[C@@H](CC)c1ccccc1. The summed E-state index contributed by atoms with van der Waals surface area (Å²) in [5.74, 6) is 0.302. The molecule has 0 heterocycles. The highest BCUT2D eigenvalue weighted by atomic mass is 16.2. The Morgan fingerprint density at radius 3 is 2.06 bits per heavy atom. The van der Waals surface area contributed by atoms with Crippen LogP contribution in [0.4, 0.5) is 0 Å². The molecule has 2 heteroatoms. The van der Waals surface area contributed by atoms with Crippen LogP contribution in [0.1, 0.15) is 51.5 Å². The Bertz CT molecular complexity index is 341. The van der Waals surface area contributed by atoms with Crippen LogP contribution in [0.5, 0.6) is 0 Å². The third-order valence-corrected chi connectivity index (χ3v) is 3.21. The molecule has 0 radical (unpaired) electrons. The van der Waals surface area contributed by atoms with E-state index in [4.69, 9.17) is 0 Å². The molecule has 1 aromatic rings. The number of hydrogen-bond acceptors (Lipinski definition) is 1. The van der Waals surface area contributed by atoms with Crippen LogP contribution in [-0.4, -0.2) is 23.9 Å². The van der Waals surface area contributed by atoms with E-state index in [0.717, 1.165) is 37.9 Å². The molecule has 0 spiro atoms. The van der Waals surface area contributed by atoms with E-state index in [9.17, 15) is 4.79 Å². The van der Waals surface area contributed by atoms with Gasteiger partial charge in [-0.15, -0.1) is 0 Å². The molecular weight excluding hydrogens is 222 g/mol. The minimum absolute atomic E-state index is 0.0179. The minimum Gasteiger partial charge on any atom is -0.342 e. The lowest BCUT2D eigenvalue weighted by atomic mass is 9.95. The van der Waals surface area contributed by atoms with E-state index in [2.05, 4.69) is 32.9 Å². The smallest absolute Gasteiger partial charge is 0.230 e. The van der Waals surface area contributed by atoms with Crippen molar-refractivity contribution < 1.29 is 4.79 Å². The predicted octanol–water partition coefficient (Wildman–Crippen LogP) is 3.83. The molecule has 1 atom stereocenters. The molecule has 0 saturated carbocycles. The molecule has 2 nitrogen and oxygen atoms in total. The number of nitrogens with zero attached hydrogens (tertiary/aromatic N) is 1. The zero-order valence-corrected chi connectivity index (χ0v) is 11.9. The normalized spacial score (nSPS) is 12.2. The summed E-state index contributed by atoms with van der Waals surface area (Å²) in [6, 6.07) is 10.1. The number of hydrogen-bond donors (Lipinski definition) is 0. The zero-order valence-electron chi connectivity index (χ0n) is 11.9. The van der Waals surface area contributed by atoms with Crippen molar-refractivity contribution in [3.05, 3.63) is 35.9 Å². The fourth-order valence-electron chi connectivity index (χ4n) is 2.33. The molecule has 0 aliphatic carbocycles. The van der Waals surface area contributed by atoms with Crippen molar-refractivity contribution in [1.29, 1.82) is 0 Å². The lowest BCUT2D eigenvalue weighted by molar-refractivity contribution is -0.133. The second-order valence-electron chi connectivity index (χ2n) is 4.70. The predicted molar refractivity (Wildman–Crippen MR) is 76.6 cm³/mol. The van der Waals surface area contributed by atoms with Gasteiger partial charge in [0.25, 0.3) is 0 Å². The largest absolute Gasteiger partial charge is 0.342 e. The first-order valence-corrected chi connectivity index (χ1v) is 7.08. The first-order valence-electron chi connectivity index (χ1n) is 7.08. The fraction of sp³-hybridized carbons (Fsp3) is 0.562. The van der Waals surface area contributed by atoms with Gasteiger partial charge in [-0.2, -0.15) is 0 Å². The molecule has 0 aliphatic heterocycles. The second-order valence-corrected chi connectivity index (χ2v) is 4.70. The Morgan fingerprint density at radius 2 is 1.61 bits per heavy atom. The van der Waals surface area contributed by atoms with E-state index >= 15 is 0 Å². The van der Waals surface area contributed by atoms with Gasteiger partial charge < -0.3 is 4.90 Å². The Morgan fingerprint density at radius 1 is 1.06 bits per heavy atom. The lowest BCUT2D eigenvalue weighted by Crippen LogP contribution is -2.36. The van der Waals surface area contributed by atoms with Crippen LogP contribution in [0, 0.1) is 0 Å². The zero-order chi connectivity index (χ0) is 13.4. The molecule has 0 saturated heterocycles. The molecule has 18 heavy (non-hydrogen) atoms. The maximum Gasteiger partial charge on any atom is 0.230 e. The second kappa shape index (κ2) is 7.91. The average molecular weight is 247 g/mol. The Labute approximate surface area is 111 Å². The first-order chi connectivity index (χ1) is 8.74. The molecule has 0 aliphatic rings. The molecule has 1 aromatic carbocycles. The van der Waals surface area contributed by atoms with Crippen LogP contribution < -0.4 is 0 Å². The van der Waals surface area contributed by atoms with Crippen LogP contribution in [0.2, 0.25) is 0 Å². The molecule has 1 amide bonds.